The fraction of sp³-hybridized carbons (Fsp3) is 0.500. The molecule has 100 valence electrons. The number of para-hydroxylation sites is 1. The number of halogens is 1. The van der Waals surface area contributed by atoms with Gasteiger partial charge in [-0.15, -0.1) is 12.4 Å². The van der Waals surface area contributed by atoms with Crippen LogP contribution in [-0.4, -0.2) is 12.5 Å². The van der Waals surface area contributed by atoms with Crippen molar-refractivity contribution in [3.63, 3.8) is 0 Å². The Balaban J connectivity index is 0.00000162. The summed E-state index contributed by atoms with van der Waals surface area (Å²) in [6.07, 6.45) is 4.05. The van der Waals surface area contributed by atoms with Crippen LogP contribution in [0.5, 0.6) is 0 Å². The molecule has 0 saturated heterocycles. The molecule has 3 nitrogen and oxygen atoms in total. The normalized spacial score (nSPS) is 17.0. The predicted molar refractivity (Wildman–Crippen MR) is 77.0 cm³/mol. The minimum Gasteiger partial charge on any atom is -0.329 e. The standard InChI is InChI=1S/C14H20N2O.ClH/c1-11-6-2-3-7-12(11)16-13(17)14(10-15)8-4-5-9-14;/h2-3,6-7H,4-5,8-10,15H2,1H3,(H,16,17);1H. The number of hydrogen-bond donors (Lipinski definition) is 2. The van der Waals surface area contributed by atoms with E-state index in [1.54, 1.807) is 0 Å². The summed E-state index contributed by atoms with van der Waals surface area (Å²) in [7, 11) is 0. The number of carbonyl (C=O) groups excluding carboxylic acids is 1. The number of benzene rings is 1. The third kappa shape index (κ3) is 2.85. The van der Waals surface area contributed by atoms with Gasteiger partial charge in [-0.3, -0.25) is 4.79 Å². The number of amides is 1. The number of anilines is 1. The Bertz CT molecular complexity index is 414. The molecule has 1 aromatic rings. The van der Waals surface area contributed by atoms with Gasteiger partial charge in [-0.05, 0) is 31.4 Å². The molecule has 0 aromatic heterocycles. The summed E-state index contributed by atoms with van der Waals surface area (Å²) < 4.78 is 0. The number of aryl methyl sites for hydroxylation is 1. The molecule has 1 aliphatic carbocycles. The van der Waals surface area contributed by atoms with Gasteiger partial charge in [-0.25, -0.2) is 0 Å². The van der Waals surface area contributed by atoms with Crippen LogP contribution in [0.1, 0.15) is 31.2 Å². The molecule has 0 spiro atoms. The van der Waals surface area contributed by atoms with E-state index in [0.717, 1.165) is 36.9 Å². The maximum Gasteiger partial charge on any atom is 0.231 e. The number of carbonyl (C=O) groups is 1. The lowest BCUT2D eigenvalue weighted by atomic mass is 9.85. The van der Waals surface area contributed by atoms with Crippen LogP contribution in [0.25, 0.3) is 0 Å². The van der Waals surface area contributed by atoms with Gasteiger partial charge in [-0.2, -0.15) is 0 Å². The highest BCUT2D eigenvalue weighted by Crippen LogP contribution is 2.38. The molecular formula is C14H21ClN2O. The summed E-state index contributed by atoms with van der Waals surface area (Å²) in [5, 5.41) is 3.02. The molecule has 0 unspecified atom stereocenters. The van der Waals surface area contributed by atoms with E-state index < -0.39 is 0 Å². The highest BCUT2D eigenvalue weighted by molar-refractivity contribution is 5.96. The quantitative estimate of drug-likeness (QED) is 0.886. The van der Waals surface area contributed by atoms with Crippen LogP contribution in [0.3, 0.4) is 0 Å². The number of hydrogen-bond acceptors (Lipinski definition) is 2. The molecule has 3 N–H and O–H groups in total. The Morgan fingerprint density at radius 3 is 2.50 bits per heavy atom. The van der Waals surface area contributed by atoms with Crippen molar-refractivity contribution in [3.05, 3.63) is 29.8 Å². The molecule has 1 aliphatic rings. The lowest BCUT2D eigenvalue weighted by molar-refractivity contribution is -0.124. The lowest BCUT2D eigenvalue weighted by Gasteiger charge is -2.26. The first-order valence-electron chi connectivity index (χ1n) is 6.25. The first kappa shape index (κ1) is 15.0. The molecule has 0 heterocycles. The molecular weight excluding hydrogens is 248 g/mol. The minimum atomic E-state index is -0.331. The van der Waals surface area contributed by atoms with Crippen LogP contribution in [0.2, 0.25) is 0 Å². The average Bonchev–Trinajstić information content (AvgIpc) is 2.82. The van der Waals surface area contributed by atoms with Crippen molar-refractivity contribution in [2.24, 2.45) is 11.1 Å². The van der Waals surface area contributed by atoms with E-state index in [9.17, 15) is 4.79 Å². The first-order chi connectivity index (χ1) is 8.18. The summed E-state index contributed by atoms with van der Waals surface area (Å²) in [5.74, 6) is 0.0896. The van der Waals surface area contributed by atoms with E-state index in [1.807, 2.05) is 31.2 Å². The van der Waals surface area contributed by atoms with Crippen LogP contribution in [0.15, 0.2) is 24.3 Å². The molecule has 1 fully saturated rings. The molecule has 18 heavy (non-hydrogen) atoms. The highest BCUT2D eigenvalue weighted by Gasteiger charge is 2.39. The summed E-state index contributed by atoms with van der Waals surface area (Å²) >= 11 is 0. The van der Waals surface area contributed by atoms with E-state index >= 15 is 0 Å². The molecule has 0 bridgehead atoms. The molecule has 2 rings (SSSR count). The summed E-state index contributed by atoms with van der Waals surface area (Å²) in [5.41, 5.74) is 7.46. The Morgan fingerprint density at radius 1 is 1.33 bits per heavy atom. The van der Waals surface area contributed by atoms with Crippen molar-refractivity contribution in [2.75, 3.05) is 11.9 Å². The zero-order valence-electron chi connectivity index (χ0n) is 10.7. The fourth-order valence-corrected chi connectivity index (χ4v) is 2.54. The number of rotatable bonds is 3. The smallest absolute Gasteiger partial charge is 0.231 e. The second kappa shape index (κ2) is 6.21. The molecule has 4 heteroatoms. The Morgan fingerprint density at radius 2 is 1.94 bits per heavy atom. The topological polar surface area (TPSA) is 55.1 Å². The zero-order chi connectivity index (χ0) is 12.3. The molecule has 1 amide bonds. The Labute approximate surface area is 115 Å². The summed E-state index contributed by atoms with van der Waals surface area (Å²) in [6, 6.07) is 7.84. The Kier molecular flexibility index (Phi) is 5.17. The predicted octanol–water partition coefficient (Wildman–Crippen LogP) is 2.87. The highest BCUT2D eigenvalue weighted by atomic mass is 35.5. The van der Waals surface area contributed by atoms with Gasteiger partial charge in [0.1, 0.15) is 0 Å². The van der Waals surface area contributed by atoms with Gasteiger partial charge < -0.3 is 11.1 Å². The number of nitrogens with one attached hydrogen (secondary N) is 1. The monoisotopic (exact) mass is 268 g/mol. The summed E-state index contributed by atoms with van der Waals surface area (Å²) in [6.45, 7) is 2.45. The van der Waals surface area contributed by atoms with Crippen molar-refractivity contribution in [2.45, 2.75) is 32.6 Å². The van der Waals surface area contributed by atoms with Crippen LogP contribution in [0, 0.1) is 12.3 Å². The maximum absolute atomic E-state index is 12.3. The van der Waals surface area contributed by atoms with Gasteiger partial charge in [0.2, 0.25) is 5.91 Å². The largest absolute Gasteiger partial charge is 0.329 e. The van der Waals surface area contributed by atoms with Gasteiger partial charge in [0, 0.05) is 12.2 Å². The van der Waals surface area contributed by atoms with Crippen LogP contribution in [0.4, 0.5) is 5.69 Å². The van der Waals surface area contributed by atoms with Crippen molar-refractivity contribution in [1.82, 2.24) is 0 Å². The van der Waals surface area contributed by atoms with Crippen LogP contribution in [-0.2, 0) is 4.79 Å². The average molecular weight is 269 g/mol. The van der Waals surface area contributed by atoms with E-state index in [0.29, 0.717) is 6.54 Å². The number of nitrogens with two attached hydrogens (primary N) is 1. The van der Waals surface area contributed by atoms with Crippen molar-refractivity contribution in [3.8, 4) is 0 Å². The SMILES string of the molecule is Cc1ccccc1NC(=O)C1(CN)CCCC1.Cl. The molecule has 0 aliphatic heterocycles. The summed E-state index contributed by atoms with van der Waals surface area (Å²) in [4.78, 5) is 12.3. The lowest BCUT2D eigenvalue weighted by Crippen LogP contribution is -2.40. The second-order valence-electron chi connectivity index (χ2n) is 4.96. The van der Waals surface area contributed by atoms with E-state index in [4.69, 9.17) is 5.73 Å². The van der Waals surface area contributed by atoms with E-state index in [-0.39, 0.29) is 23.7 Å². The first-order valence-corrected chi connectivity index (χ1v) is 6.25. The maximum atomic E-state index is 12.3. The molecule has 1 aromatic carbocycles. The van der Waals surface area contributed by atoms with E-state index in [2.05, 4.69) is 5.32 Å². The zero-order valence-corrected chi connectivity index (χ0v) is 11.6. The third-order valence-corrected chi connectivity index (χ3v) is 3.83. The molecule has 0 radical (unpaired) electrons. The fourth-order valence-electron chi connectivity index (χ4n) is 2.54. The van der Waals surface area contributed by atoms with Crippen molar-refractivity contribution >= 4 is 24.0 Å². The molecule has 0 atom stereocenters. The second-order valence-corrected chi connectivity index (χ2v) is 4.96. The molecule has 1 saturated carbocycles. The van der Waals surface area contributed by atoms with Crippen molar-refractivity contribution < 1.29 is 4.79 Å². The van der Waals surface area contributed by atoms with Crippen LogP contribution >= 0.6 is 12.4 Å². The van der Waals surface area contributed by atoms with Gasteiger partial charge in [0.15, 0.2) is 0 Å². The van der Waals surface area contributed by atoms with Gasteiger partial charge in [0.05, 0.1) is 5.41 Å². The minimum absolute atomic E-state index is 0. The van der Waals surface area contributed by atoms with Gasteiger partial charge in [0.25, 0.3) is 0 Å². The third-order valence-electron chi connectivity index (χ3n) is 3.83. The van der Waals surface area contributed by atoms with E-state index in [1.165, 1.54) is 0 Å². The van der Waals surface area contributed by atoms with Crippen LogP contribution < -0.4 is 11.1 Å². The Hall–Kier alpha value is -1.06. The van der Waals surface area contributed by atoms with Gasteiger partial charge >= 0.3 is 0 Å². The van der Waals surface area contributed by atoms with Gasteiger partial charge in [-0.1, -0.05) is 31.0 Å². The van der Waals surface area contributed by atoms with Crippen molar-refractivity contribution in [1.29, 1.82) is 0 Å².